The van der Waals surface area contributed by atoms with E-state index in [0.29, 0.717) is 48.9 Å². The van der Waals surface area contributed by atoms with E-state index in [4.69, 9.17) is 9.47 Å². The number of carbonyl (C=O) groups is 3. The van der Waals surface area contributed by atoms with Crippen LogP contribution in [0.15, 0.2) is 84.9 Å². The van der Waals surface area contributed by atoms with Crippen LogP contribution in [0.25, 0.3) is 6.08 Å². The predicted octanol–water partition coefficient (Wildman–Crippen LogP) is 8.51. The molecule has 3 N–H and O–H groups in total. The van der Waals surface area contributed by atoms with E-state index in [1.54, 1.807) is 54.5 Å². The highest BCUT2D eigenvalue weighted by Crippen LogP contribution is 2.22. The molecule has 9 heteroatoms. The van der Waals surface area contributed by atoms with Gasteiger partial charge in [0.1, 0.15) is 11.5 Å². The van der Waals surface area contributed by atoms with Crippen molar-refractivity contribution >= 4 is 35.2 Å². The molecular formula is C42H58N4O5. The zero-order valence-electron chi connectivity index (χ0n) is 30.8. The van der Waals surface area contributed by atoms with Gasteiger partial charge in [-0.15, -0.1) is 0 Å². The van der Waals surface area contributed by atoms with Crippen LogP contribution < -0.4 is 30.3 Å². The summed E-state index contributed by atoms with van der Waals surface area (Å²) in [7, 11) is 1.59. The minimum absolute atomic E-state index is 0.0567. The number of likely N-dealkylation sites (N-methyl/N-ethyl adjacent to an activating group) is 1. The Morgan fingerprint density at radius 2 is 1.37 bits per heavy atom. The summed E-state index contributed by atoms with van der Waals surface area (Å²) in [5, 5.41) is 9.03. The fraction of sp³-hybridized carbons (Fsp3) is 0.452. The number of nitrogens with zero attached hydrogens (tertiary/aromatic N) is 1. The van der Waals surface area contributed by atoms with Crippen molar-refractivity contribution in [2.75, 3.05) is 37.0 Å². The zero-order valence-corrected chi connectivity index (χ0v) is 30.8. The van der Waals surface area contributed by atoms with Gasteiger partial charge in [-0.1, -0.05) is 95.0 Å². The molecule has 3 aromatic carbocycles. The van der Waals surface area contributed by atoms with Crippen molar-refractivity contribution < 1.29 is 23.9 Å². The molecule has 0 fully saturated rings. The molecule has 3 amide bonds. The van der Waals surface area contributed by atoms with E-state index in [-0.39, 0.29) is 11.8 Å². The van der Waals surface area contributed by atoms with E-state index in [9.17, 15) is 14.4 Å². The van der Waals surface area contributed by atoms with Crippen molar-refractivity contribution in [1.29, 1.82) is 0 Å². The Labute approximate surface area is 305 Å². The van der Waals surface area contributed by atoms with Gasteiger partial charge in [0.25, 0.3) is 5.91 Å². The van der Waals surface area contributed by atoms with E-state index in [2.05, 4.69) is 22.9 Å². The number of amides is 3. The van der Waals surface area contributed by atoms with Gasteiger partial charge >= 0.3 is 0 Å². The molecule has 276 valence electrons. The first-order valence-electron chi connectivity index (χ1n) is 18.7. The lowest BCUT2D eigenvalue weighted by atomic mass is 10.1. The summed E-state index contributed by atoms with van der Waals surface area (Å²) in [6, 6.07) is 23.9. The number of carbonyl (C=O) groups excluding carboxylic acids is 3. The standard InChI is InChI=1S/C42H58N4O5/c1-4-6-7-8-9-10-11-12-13-17-32-43-39(47)21-18-33-51-38-27-23-35(24-28-38)44-41(45-40(48)31-22-34-19-15-14-16-20-34)42(49)46(5-2)36-25-29-37(50-3)30-26-36/h14-16,19-20,22-31,41,44H,4-13,17-18,21,32-33H2,1-3H3,(H,43,47)(H,45,48). The van der Waals surface area contributed by atoms with Crippen molar-refractivity contribution in [2.24, 2.45) is 0 Å². The largest absolute Gasteiger partial charge is 0.497 e. The minimum atomic E-state index is -1.05. The van der Waals surface area contributed by atoms with Gasteiger partial charge in [-0.3, -0.25) is 14.4 Å². The van der Waals surface area contributed by atoms with Crippen molar-refractivity contribution in [2.45, 2.75) is 97.1 Å². The van der Waals surface area contributed by atoms with Crippen molar-refractivity contribution in [1.82, 2.24) is 10.6 Å². The van der Waals surface area contributed by atoms with Gasteiger partial charge in [-0.25, -0.2) is 0 Å². The van der Waals surface area contributed by atoms with E-state index in [1.165, 1.54) is 57.4 Å². The summed E-state index contributed by atoms with van der Waals surface area (Å²) in [5.74, 6) is 0.652. The van der Waals surface area contributed by atoms with Crippen LogP contribution in [0.3, 0.4) is 0 Å². The van der Waals surface area contributed by atoms with Crippen molar-refractivity contribution in [3.63, 3.8) is 0 Å². The number of benzene rings is 3. The second kappa shape index (κ2) is 24.4. The summed E-state index contributed by atoms with van der Waals surface area (Å²) < 4.78 is 11.1. The SMILES string of the molecule is CCCCCCCCCCCCNC(=O)CCCOc1ccc(NC(NC(=O)C=Cc2ccccc2)C(=O)N(CC)c2ccc(OC)cc2)cc1. The Bertz CT molecular complexity index is 1440. The number of rotatable bonds is 25. The molecule has 3 rings (SSSR count). The van der Waals surface area contributed by atoms with Crippen LogP contribution in [0.5, 0.6) is 11.5 Å². The highest BCUT2D eigenvalue weighted by atomic mass is 16.5. The monoisotopic (exact) mass is 698 g/mol. The first-order chi connectivity index (χ1) is 24.9. The first kappa shape index (κ1) is 40.6. The molecule has 0 aliphatic rings. The third-order valence-electron chi connectivity index (χ3n) is 8.56. The van der Waals surface area contributed by atoms with Crippen LogP contribution in [-0.2, 0) is 14.4 Å². The fourth-order valence-electron chi connectivity index (χ4n) is 5.64. The third-order valence-corrected chi connectivity index (χ3v) is 8.56. The van der Waals surface area contributed by atoms with E-state index in [0.717, 1.165) is 24.9 Å². The number of hydrogen-bond donors (Lipinski definition) is 3. The van der Waals surface area contributed by atoms with Crippen LogP contribution in [0.4, 0.5) is 11.4 Å². The third kappa shape index (κ3) is 16.2. The Morgan fingerprint density at radius 3 is 2.00 bits per heavy atom. The van der Waals surface area contributed by atoms with E-state index < -0.39 is 12.1 Å². The molecule has 0 spiro atoms. The Hall–Kier alpha value is -4.79. The average Bonchev–Trinajstić information content (AvgIpc) is 3.16. The molecule has 0 saturated heterocycles. The summed E-state index contributed by atoms with van der Waals surface area (Å²) in [5.41, 5.74) is 2.18. The first-order valence-corrected chi connectivity index (χ1v) is 18.7. The molecule has 9 nitrogen and oxygen atoms in total. The molecular weight excluding hydrogens is 640 g/mol. The quantitative estimate of drug-likeness (QED) is 0.0465. The fourth-order valence-corrected chi connectivity index (χ4v) is 5.64. The Kier molecular flexibility index (Phi) is 19.4. The van der Waals surface area contributed by atoms with Crippen LogP contribution >= 0.6 is 0 Å². The molecule has 0 saturated carbocycles. The maximum Gasteiger partial charge on any atom is 0.270 e. The van der Waals surface area contributed by atoms with Crippen LogP contribution in [0.1, 0.15) is 96.5 Å². The summed E-state index contributed by atoms with van der Waals surface area (Å²) in [6.45, 7) is 5.66. The topological polar surface area (TPSA) is 109 Å². The summed E-state index contributed by atoms with van der Waals surface area (Å²) in [4.78, 5) is 40.7. The normalized spacial score (nSPS) is 11.5. The number of hydrogen-bond acceptors (Lipinski definition) is 6. The minimum Gasteiger partial charge on any atom is -0.497 e. The molecule has 0 aromatic heterocycles. The molecule has 1 unspecified atom stereocenters. The number of nitrogens with one attached hydrogen (secondary N) is 3. The summed E-state index contributed by atoms with van der Waals surface area (Å²) >= 11 is 0. The van der Waals surface area contributed by atoms with Gasteiger partial charge in [0, 0.05) is 37.0 Å². The molecule has 0 aliphatic heterocycles. The van der Waals surface area contributed by atoms with Gasteiger partial charge in [-0.2, -0.15) is 0 Å². The van der Waals surface area contributed by atoms with Gasteiger partial charge in [-0.05, 0) is 79.9 Å². The molecule has 1 atom stereocenters. The van der Waals surface area contributed by atoms with Gasteiger partial charge in [0.05, 0.1) is 13.7 Å². The lowest BCUT2D eigenvalue weighted by molar-refractivity contribution is -0.124. The maximum atomic E-state index is 13.8. The van der Waals surface area contributed by atoms with E-state index in [1.807, 2.05) is 49.4 Å². The van der Waals surface area contributed by atoms with Crippen LogP contribution in [-0.4, -0.2) is 50.7 Å². The van der Waals surface area contributed by atoms with Crippen LogP contribution in [0.2, 0.25) is 0 Å². The highest BCUT2D eigenvalue weighted by Gasteiger charge is 2.26. The van der Waals surface area contributed by atoms with Gasteiger partial charge in [0.2, 0.25) is 11.8 Å². The Balaban J connectivity index is 1.46. The van der Waals surface area contributed by atoms with E-state index >= 15 is 0 Å². The molecule has 0 radical (unpaired) electrons. The van der Waals surface area contributed by atoms with Crippen molar-refractivity contribution in [3.8, 4) is 11.5 Å². The second-order valence-corrected chi connectivity index (χ2v) is 12.6. The number of ether oxygens (including phenoxy) is 2. The molecule has 0 heterocycles. The smallest absolute Gasteiger partial charge is 0.270 e. The lowest BCUT2D eigenvalue weighted by Crippen LogP contribution is -2.52. The predicted molar refractivity (Wildman–Crippen MR) is 208 cm³/mol. The van der Waals surface area contributed by atoms with Crippen molar-refractivity contribution in [3.05, 3.63) is 90.5 Å². The van der Waals surface area contributed by atoms with Gasteiger partial charge < -0.3 is 30.3 Å². The average molecular weight is 699 g/mol. The molecule has 3 aromatic rings. The maximum absolute atomic E-state index is 13.8. The summed E-state index contributed by atoms with van der Waals surface area (Å²) in [6.07, 6.45) is 15.9. The number of anilines is 2. The number of methoxy groups -OCH3 is 1. The molecule has 51 heavy (non-hydrogen) atoms. The second-order valence-electron chi connectivity index (χ2n) is 12.6. The molecule has 0 bridgehead atoms. The lowest BCUT2D eigenvalue weighted by Gasteiger charge is -2.28. The molecule has 0 aliphatic carbocycles. The highest BCUT2D eigenvalue weighted by molar-refractivity contribution is 6.02. The van der Waals surface area contributed by atoms with Crippen LogP contribution in [0, 0.1) is 0 Å². The Morgan fingerprint density at radius 1 is 0.745 bits per heavy atom. The zero-order chi connectivity index (χ0) is 36.5. The number of unbranched alkanes of at least 4 members (excludes halogenated alkanes) is 9. The van der Waals surface area contributed by atoms with Gasteiger partial charge in [0.15, 0.2) is 6.17 Å².